The smallest absolute Gasteiger partial charge is 0.185 e. The Kier molecular flexibility index (Phi) is 24.5. The first-order valence-corrected chi connectivity index (χ1v) is 10.6. The molecule has 10 heteroatoms. The van der Waals surface area contributed by atoms with Crippen molar-refractivity contribution in [3.05, 3.63) is 0 Å². The van der Waals surface area contributed by atoms with Crippen LogP contribution in [0.2, 0.25) is 0 Å². The summed E-state index contributed by atoms with van der Waals surface area (Å²) in [5.41, 5.74) is 5.30. The highest BCUT2D eigenvalue weighted by molar-refractivity contribution is 8.13. The second-order valence-corrected chi connectivity index (χ2v) is 6.69. The molecule has 2 N–H and O–H groups in total. The second kappa shape index (κ2) is 24.7. The molecular formula is C18H37NO8S. The summed E-state index contributed by atoms with van der Waals surface area (Å²) in [4.78, 5) is 10.7. The molecule has 0 bridgehead atoms. The molecule has 9 nitrogen and oxygen atoms in total. The van der Waals surface area contributed by atoms with Gasteiger partial charge in [0.2, 0.25) is 0 Å². The van der Waals surface area contributed by atoms with Crippen LogP contribution >= 0.6 is 11.8 Å². The van der Waals surface area contributed by atoms with E-state index in [0.717, 1.165) is 0 Å². The predicted octanol–water partition coefficient (Wildman–Crippen LogP) is 0.341. The van der Waals surface area contributed by atoms with Crippen molar-refractivity contribution < 1.29 is 38.0 Å². The summed E-state index contributed by atoms with van der Waals surface area (Å²) < 4.78 is 37.4. The predicted molar refractivity (Wildman–Crippen MR) is 108 cm³/mol. The van der Waals surface area contributed by atoms with Crippen LogP contribution in [0.1, 0.15) is 6.92 Å². The van der Waals surface area contributed by atoms with E-state index in [9.17, 15) is 4.79 Å². The van der Waals surface area contributed by atoms with E-state index in [0.29, 0.717) is 105 Å². The van der Waals surface area contributed by atoms with Crippen molar-refractivity contribution in [2.24, 2.45) is 5.73 Å². The number of hydrogen-bond donors (Lipinski definition) is 1. The Bertz CT molecular complexity index is 326. The van der Waals surface area contributed by atoms with Gasteiger partial charge in [0.05, 0.1) is 92.5 Å². The van der Waals surface area contributed by atoms with Crippen molar-refractivity contribution in [1.82, 2.24) is 0 Å². The molecule has 0 aliphatic rings. The number of rotatable bonds is 23. The number of nitrogens with two attached hydrogens (primary N) is 1. The van der Waals surface area contributed by atoms with Gasteiger partial charge in [0.15, 0.2) is 5.12 Å². The number of ether oxygens (including phenoxy) is 7. The molecule has 0 radical (unpaired) electrons. The largest absolute Gasteiger partial charge is 0.378 e. The molecule has 0 saturated heterocycles. The molecule has 0 spiro atoms. The highest BCUT2D eigenvalue weighted by Crippen LogP contribution is 1.99. The Balaban J connectivity index is 2.99. The van der Waals surface area contributed by atoms with Crippen LogP contribution in [0.5, 0.6) is 0 Å². The van der Waals surface area contributed by atoms with Crippen molar-refractivity contribution in [2.45, 2.75) is 6.92 Å². The lowest BCUT2D eigenvalue weighted by Crippen LogP contribution is -2.15. The van der Waals surface area contributed by atoms with Crippen molar-refractivity contribution in [1.29, 1.82) is 0 Å². The third-order valence-electron chi connectivity index (χ3n) is 3.03. The van der Waals surface area contributed by atoms with Crippen LogP contribution in [0, 0.1) is 0 Å². The van der Waals surface area contributed by atoms with E-state index in [-0.39, 0.29) is 5.12 Å². The number of hydrogen-bond acceptors (Lipinski definition) is 10. The van der Waals surface area contributed by atoms with E-state index in [1.165, 1.54) is 11.8 Å². The molecule has 0 amide bonds. The lowest BCUT2D eigenvalue weighted by molar-refractivity contribution is -0.109. The van der Waals surface area contributed by atoms with Gasteiger partial charge in [-0.2, -0.15) is 0 Å². The van der Waals surface area contributed by atoms with Crippen molar-refractivity contribution in [3.8, 4) is 0 Å². The summed E-state index contributed by atoms with van der Waals surface area (Å²) in [7, 11) is 0. The van der Waals surface area contributed by atoms with E-state index in [1.807, 2.05) is 0 Å². The standard InChI is InChI=1S/C18H37NO8S/c1-18(20)28-17-16-27-15-14-26-13-12-25-11-10-24-9-8-23-7-6-22-5-4-21-3-2-19/h2-17,19H2,1H3. The minimum Gasteiger partial charge on any atom is -0.378 e. The van der Waals surface area contributed by atoms with Crippen LogP contribution < -0.4 is 5.73 Å². The minimum absolute atomic E-state index is 0.110. The first kappa shape index (κ1) is 27.7. The van der Waals surface area contributed by atoms with Crippen LogP contribution in [0.4, 0.5) is 0 Å². The van der Waals surface area contributed by atoms with Gasteiger partial charge < -0.3 is 38.9 Å². The maximum atomic E-state index is 10.7. The molecule has 0 atom stereocenters. The molecule has 0 saturated carbocycles. The van der Waals surface area contributed by atoms with Crippen LogP contribution in [0.3, 0.4) is 0 Å². The topological polar surface area (TPSA) is 108 Å². The van der Waals surface area contributed by atoms with Gasteiger partial charge in [0, 0.05) is 19.2 Å². The molecule has 168 valence electrons. The van der Waals surface area contributed by atoms with Gasteiger partial charge in [0.25, 0.3) is 0 Å². The van der Waals surface area contributed by atoms with E-state index in [1.54, 1.807) is 6.92 Å². The van der Waals surface area contributed by atoms with Crippen LogP contribution in [-0.2, 0) is 38.0 Å². The molecule has 0 fully saturated rings. The summed E-state index contributed by atoms with van der Waals surface area (Å²) >= 11 is 1.27. The minimum atomic E-state index is 0.110. The maximum absolute atomic E-state index is 10.7. The first-order valence-electron chi connectivity index (χ1n) is 9.65. The molecule has 0 aromatic rings. The summed E-state index contributed by atoms with van der Waals surface area (Å²) in [5, 5.41) is 0.110. The summed E-state index contributed by atoms with van der Waals surface area (Å²) in [5.74, 6) is 0.683. The fourth-order valence-corrected chi connectivity index (χ4v) is 2.24. The van der Waals surface area contributed by atoms with Crippen LogP contribution in [-0.4, -0.2) is 110 Å². The maximum Gasteiger partial charge on any atom is 0.185 e. The number of carbonyl (C=O) groups excluding carboxylic acids is 1. The summed E-state index contributed by atoms with van der Waals surface area (Å²) in [6, 6.07) is 0. The number of carbonyl (C=O) groups is 1. The third-order valence-corrected chi connectivity index (χ3v) is 3.80. The van der Waals surface area contributed by atoms with Crippen molar-refractivity contribution >= 4 is 16.9 Å². The average Bonchev–Trinajstić information content (AvgIpc) is 2.68. The zero-order chi connectivity index (χ0) is 20.5. The van der Waals surface area contributed by atoms with Crippen LogP contribution in [0.25, 0.3) is 0 Å². The van der Waals surface area contributed by atoms with Gasteiger partial charge in [-0.1, -0.05) is 11.8 Å². The van der Waals surface area contributed by atoms with E-state index in [2.05, 4.69) is 0 Å². The second-order valence-electron chi connectivity index (χ2n) is 5.42. The lowest BCUT2D eigenvalue weighted by Gasteiger charge is -2.08. The molecule has 0 aliphatic heterocycles. The van der Waals surface area contributed by atoms with E-state index >= 15 is 0 Å². The van der Waals surface area contributed by atoms with Gasteiger partial charge in [-0.25, -0.2) is 0 Å². The van der Waals surface area contributed by atoms with Crippen molar-refractivity contribution in [3.63, 3.8) is 0 Å². The fourth-order valence-electron chi connectivity index (χ4n) is 1.75. The van der Waals surface area contributed by atoms with Gasteiger partial charge in [-0.15, -0.1) is 0 Å². The Hall–Kier alpha value is -0.300. The molecule has 0 aliphatic carbocycles. The van der Waals surface area contributed by atoms with Gasteiger partial charge in [-0.3, -0.25) is 4.79 Å². The zero-order valence-electron chi connectivity index (χ0n) is 17.1. The highest BCUT2D eigenvalue weighted by Gasteiger charge is 1.96. The summed E-state index contributed by atoms with van der Waals surface area (Å²) in [6.45, 7) is 9.56. The Morgan fingerprint density at radius 1 is 0.571 bits per heavy atom. The molecule has 0 aromatic heterocycles. The summed E-state index contributed by atoms with van der Waals surface area (Å²) in [6.07, 6.45) is 0. The normalized spacial score (nSPS) is 11.2. The monoisotopic (exact) mass is 427 g/mol. The first-order chi connectivity index (χ1) is 13.8. The fraction of sp³-hybridized carbons (Fsp3) is 0.944. The van der Waals surface area contributed by atoms with E-state index in [4.69, 9.17) is 38.9 Å². The Morgan fingerprint density at radius 2 is 0.857 bits per heavy atom. The molecule has 0 rings (SSSR count). The third kappa shape index (κ3) is 25.7. The zero-order valence-corrected chi connectivity index (χ0v) is 17.9. The van der Waals surface area contributed by atoms with E-state index < -0.39 is 0 Å². The Morgan fingerprint density at radius 3 is 1.14 bits per heavy atom. The van der Waals surface area contributed by atoms with Crippen molar-refractivity contribution in [2.75, 3.05) is 105 Å². The SMILES string of the molecule is CC(=O)SCCOCCOCCOCCOCCOCCOCCOCCN. The average molecular weight is 428 g/mol. The molecule has 0 aromatic carbocycles. The van der Waals surface area contributed by atoms with Gasteiger partial charge in [0.1, 0.15) is 0 Å². The number of thioether (sulfide) groups is 1. The quantitative estimate of drug-likeness (QED) is 0.229. The molecule has 0 heterocycles. The van der Waals surface area contributed by atoms with Crippen LogP contribution in [0.15, 0.2) is 0 Å². The Labute approximate surface area is 172 Å². The highest BCUT2D eigenvalue weighted by atomic mass is 32.2. The van der Waals surface area contributed by atoms with Gasteiger partial charge in [-0.05, 0) is 0 Å². The van der Waals surface area contributed by atoms with Gasteiger partial charge >= 0.3 is 0 Å². The molecule has 28 heavy (non-hydrogen) atoms. The molecular weight excluding hydrogens is 390 g/mol. The lowest BCUT2D eigenvalue weighted by atomic mass is 10.6. The molecule has 0 unspecified atom stereocenters.